The van der Waals surface area contributed by atoms with Crippen LogP contribution < -0.4 is 5.56 Å². The van der Waals surface area contributed by atoms with Gasteiger partial charge in [0.05, 0.1) is 11.7 Å². The summed E-state index contributed by atoms with van der Waals surface area (Å²) in [5.74, 6) is 0.268. The molecule has 0 saturated heterocycles. The van der Waals surface area contributed by atoms with E-state index in [1.165, 1.54) is 34.4 Å². The lowest BCUT2D eigenvalue weighted by Gasteiger charge is -2.00. The Morgan fingerprint density at radius 2 is 1.83 bits per heavy atom. The molecule has 5 aromatic rings. The maximum Gasteiger partial charge on any atom is 0.262 e. The Morgan fingerprint density at radius 1 is 1.03 bits per heavy atom. The van der Waals surface area contributed by atoms with E-state index < -0.39 is 0 Å². The van der Waals surface area contributed by atoms with Gasteiger partial charge in [0.25, 0.3) is 5.56 Å². The first-order valence-corrected chi connectivity index (χ1v) is 9.62. The van der Waals surface area contributed by atoms with Gasteiger partial charge in [0.15, 0.2) is 0 Å². The Hall–Kier alpha value is -3.65. The first kappa shape index (κ1) is 17.4. The van der Waals surface area contributed by atoms with Crippen molar-refractivity contribution < 1.29 is 8.91 Å². The average Bonchev–Trinajstić information content (AvgIpc) is 3.39. The van der Waals surface area contributed by atoms with Gasteiger partial charge in [-0.05, 0) is 35.9 Å². The maximum atomic E-state index is 13.1. The number of thiophene rings is 1. The van der Waals surface area contributed by atoms with Crippen molar-refractivity contribution >= 4 is 21.6 Å². The highest BCUT2D eigenvalue weighted by molar-refractivity contribution is 7.21. The number of nitrogens with zero attached hydrogens (tertiary/aromatic N) is 4. The minimum Gasteiger partial charge on any atom is -0.337 e. The fourth-order valence-corrected chi connectivity index (χ4v) is 3.99. The molecule has 3 aromatic heterocycles. The average molecular weight is 404 g/mol. The first-order chi connectivity index (χ1) is 14.2. The van der Waals surface area contributed by atoms with Crippen LogP contribution in [0.5, 0.6) is 0 Å². The molecule has 29 heavy (non-hydrogen) atoms. The lowest BCUT2D eigenvalue weighted by molar-refractivity contribution is 0.369. The highest BCUT2D eigenvalue weighted by atomic mass is 32.1. The Labute approximate surface area is 167 Å². The Kier molecular flexibility index (Phi) is 4.25. The fraction of sp³-hybridized carbons (Fsp3) is 0.0476. The van der Waals surface area contributed by atoms with E-state index in [0.717, 1.165) is 10.4 Å². The molecule has 0 aliphatic carbocycles. The standard InChI is InChI=1S/C21H13FN4O2S/c22-15-8-6-14(7-9-15)19-24-18(28-25-19)11-26-12-23-20-16(21(26)27)10-17(29-20)13-4-2-1-3-5-13/h1-10,12H,11H2. The third kappa shape index (κ3) is 3.34. The van der Waals surface area contributed by atoms with Crippen LogP contribution in [0, 0.1) is 5.82 Å². The molecule has 0 fully saturated rings. The minimum atomic E-state index is -0.339. The van der Waals surface area contributed by atoms with E-state index in [4.69, 9.17) is 4.52 Å². The molecule has 8 heteroatoms. The van der Waals surface area contributed by atoms with Crippen molar-refractivity contribution in [2.45, 2.75) is 6.54 Å². The summed E-state index contributed by atoms with van der Waals surface area (Å²) < 4.78 is 19.8. The van der Waals surface area contributed by atoms with Crippen LogP contribution in [0.4, 0.5) is 4.39 Å². The zero-order chi connectivity index (χ0) is 19.8. The third-order valence-corrected chi connectivity index (χ3v) is 5.54. The Balaban J connectivity index is 1.46. The van der Waals surface area contributed by atoms with Crippen LogP contribution in [-0.2, 0) is 6.54 Å². The summed E-state index contributed by atoms with van der Waals surface area (Å²) in [6, 6.07) is 17.5. The molecule has 5 rings (SSSR count). The molecule has 142 valence electrons. The minimum absolute atomic E-state index is 0.104. The van der Waals surface area contributed by atoms with Crippen molar-refractivity contribution in [3.63, 3.8) is 0 Å². The molecular weight excluding hydrogens is 391 g/mol. The molecule has 0 bridgehead atoms. The molecule has 2 aromatic carbocycles. The summed E-state index contributed by atoms with van der Waals surface area (Å²) in [6.45, 7) is 0.104. The summed E-state index contributed by atoms with van der Waals surface area (Å²) in [5, 5.41) is 4.46. The van der Waals surface area contributed by atoms with Crippen molar-refractivity contribution in [3.8, 4) is 21.8 Å². The summed E-state index contributed by atoms with van der Waals surface area (Å²) in [6.07, 6.45) is 1.48. The van der Waals surface area contributed by atoms with Gasteiger partial charge in [-0.1, -0.05) is 35.5 Å². The Morgan fingerprint density at radius 3 is 2.62 bits per heavy atom. The molecule has 0 aliphatic rings. The SMILES string of the molecule is O=c1c2cc(-c3ccccc3)sc2ncn1Cc1nc(-c2ccc(F)cc2)no1. The summed E-state index contributed by atoms with van der Waals surface area (Å²) in [5.41, 5.74) is 1.50. The third-order valence-electron chi connectivity index (χ3n) is 4.45. The predicted molar refractivity (Wildman–Crippen MR) is 108 cm³/mol. The quantitative estimate of drug-likeness (QED) is 0.445. The number of hydrogen-bond acceptors (Lipinski definition) is 6. The number of benzene rings is 2. The van der Waals surface area contributed by atoms with Crippen LogP contribution in [0.3, 0.4) is 0 Å². The monoisotopic (exact) mass is 404 g/mol. The zero-order valence-corrected chi connectivity index (χ0v) is 15.8. The van der Waals surface area contributed by atoms with E-state index in [-0.39, 0.29) is 23.8 Å². The smallest absolute Gasteiger partial charge is 0.262 e. The lowest BCUT2D eigenvalue weighted by atomic mass is 10.2. The fourth-order valence-electron chi connectivity index (χ4n) is 3.00. The van der Waals surface area contributed by atoms with E-state index in [2.05, 4.69) is 15.1 Å². The van der Waals surface area contributed by atoms with Crippen LogP contribution in [-0.4, -0.2) is 19.7 Å². The van der Waals surface area contributed by atoms with E-state index in [0.29, 0.717) is 21.6 Å². The molecule has 0 saturated carbocycles. The van der Waals surface area contributed by atoms with Crippen LogP contribution in [0.1, 0.15) is 5.89 Å². The highest BCUT2D eigenvalue weighted by Crippen LogP contribution is 2.30. The van der Waals surface area contributed by atoms with E-state index in [1.807, 2.05) is 36.4 Å². The van der Waals surface area contributed by atoms with Gasteiger partial charge in [-0.2, -0.15) is 4.98 Å². The molecule has 0 N–H and O–H groups in total. The normalized spacial score (nSPS) is 11.2. The van der Waals surface area contributed by atoms with Gasteiger partial charge >= 0.3 is 0 Å². The van der Waals surface area contributed by atoms with E-state index in [1.54, 1.807) is 12.1 Å². The molecule has 0 aliphatic heterocycles. The molecular formula is C21H13FN4O2S. The van der Waals surface area contributed by atoms with Gasteiger partial charge in [-0.25, -0.2) is 9.37 Å². The van der Waals surface area contributed by atoms with Gasteiger partial charge < -0.3 is 4.52 Å². The number of halogens is 1. The Bertz CT molecular complexity index is 1360. The van der Waals surface area contributed by atoms with Crippen molar-refractivity contribution in [2.75, 3.05) is 0 Å². The van der Waals surface area contributed by atoms with E-state index >= 15 is 0 Å². The van der Waals surface area contributed by atoms with Gasteiger partial charge in [0.1, 0.15) is 17.2 Å². The topological polar surface area (TPSA) is 73.8 Å². The van der Waals surface area contributed by atoms with Gasteiger partial charge in [0.2, 0.25) is 11.7 Å². The largest absolute Gasteiger partial charge is 0.337 e. The molecule has 0 atom stereocenters. The molecule has 0 amide bonds. The van der Waals surface area contributed by atoms with Crippen LogP contribution >= 0.6 is 11.3 Å². The summed E-state index contributed by atoms with van der Waals surface area (Å²) in [7, 11) is 0. The second-order valence-corrected chi connectivity index (χ2v) is 7.42. The molecule has 0 unspecified atom stereocenters. The first-order valence-electron chi connectivity index (χ1n) is 8.80. The zero-order valence-electron chi connectivity index (χ0n) is 14.9. The second-order valence-electron chi connectivity index (χ2n) is 6.39. The number of fused-ring (bicyclic) bond motifs is 1. The van der Waals surface area contributed by atoms with Crippen molar-refractivity contribution in [3.05, 3.63) is 89.1 Å². The molecule has 0 spiro atoms. The van der Waals surface area contributed by atoms with Crippen LogP contribution in [0.25, 0.3) is 32.0 Å². The van der Waals surface area contributed by atoms with Crippen molar-refractivity contribution in [1.29, 1.82) is 0 Å². The number of aromatic nitrogens is 4. The van der Waals surface area contributed by atoms with Crippen LogP contribution in [0.2, 0.25) is 0 Å². The second kappa shape index (κ2) is 7.06. The lowest BCUT2D eigenvalue weighted by Crippen LogP contribution is -2.20. The van der Waals surface area contributed by atoms with E-state index in [9.17, 15) is 9.18 Å². The highest BCUT2D eigenvalue weighted by Gasteiger charge is 2.14. The molecule has 3 heterocycles. The van der Waals surface area contributed by atoms with Crippen molar-refractivity contribution in [2.24, 2.45) is 0 Å². The van der Waals surface area contributed by atoms with Gasteiger partial charge in [0, 0.05) is 10.4 Å². The van der Waals surface area contributed by atoms with Gasteiger partial charge in [-0.15, -0.1) is 11.3 Å². The summed E-state index contributed by atoms with van der Waals surface area (Å²) >= 11 is 1.48. The maximum absolute atomic E-state index is 13.1. The predicted octanol–water partition coefficient (Wildman–Crippen LogP) is 4.36. The van der Waals surface area contributed by atoms with Crippen LogP contribution in [0.15, 0.2) is 76.3 Å². The number of hydrogen-bond donors (Lipinski definition) is 0. The number of rotatable bonds is 4. The van der Waals surface area contributed by atoms with Gasteiger partial charge in [-0.3, -0.25) is 9.36 Å². The van der Waals surface area contributed by atoms with Crippen molar-refractivity contribution in [1.82, 2.24) is 19.7 Å². The summed E-state index contributed by atoms with van der Waals surface area (Å²) in [4.78, 5) is 23.3. The molecule has 6 nitrogen and oxygen atoms in total. The molecule has 0 radical (unpaired) electrons.